The molecule has 3 amide bonds. The summed E-state index contributed by atoms with van der Waals surface area (Å²) < 4.78 is 5.51. The molecule has 12 heteroatoms. The largest absolute Gasteiger partial charge is 0.369 e. The van der Waals surface area contributed by atoms with E-state index in [1.165, 1.54) is 11.1 Å². The third kappa shape index (κ3) is 5.55. The van der Waals surface area contributed by atoms with E-state index in [1.807, 2.05) is 11.0 Å². The maximum atomic E-state index is 13.3. The monoisotopic (exact) mass is 532 g/mol. The van der Waals surface area contributed by atoms with Gasteiger partial charge in [0.05, 0.1) is 11.3 Å². The maximum absolute atomic E-state index is 13.3. The van der Waals surface area contributed by atoms with Crippen LogP contribution in [0.1, 0.15) is 52.9 Å². The number of ether oxygens (including phenoxy) is 1. The van der Waals surface area contributed by atoms with E-state index in [0.717, 1.165) is 24.9 Å². The van der Waals surface area contributed by atoms with Crippen molar-refractivity contribution in [3.63, 3.8) is 0 Å². The highest BCUT2D eigenvalue weighted by atomic mass is 16.5. The first kappa shape index (κ1) is 26.5. The molecule has 39 heavy (non-hydrogen) atoms. The summed E-state index contributed by atoms with van der Waals surface area (Å²) in [4.78, 5) is 51.9. The van der Waals surface area contributed by atoms with Crippen molar-refractivity contribution in [2.24, 2.45) is 5.73 Å². The van der Waals surface area contributed by atoms with Crippen molar-refractivity contribution in [1.29, 1.82) is 5.26 Å². The average molecular weight is 533 g/mol. The first-order valence-corrected chi connectivity index (χ1v) is 13.2. The third-order valence-electron chi connectivity index (χ3n) is 7.42. The second-order valence-corrected chi connectivity index (χ2v) is 10.2. The normalized spacial score (nSPS) is 20.3. The molecule has 2 fully saturated rings. The molecule has 0 radical (unpaired) electrons. The van der Waals surface area contributed by atoms with Crippen LogP contribution >= 0.6 is 0 Å². The Morgan fingerprint density at radius 2 is 2.15 bits per heavy atom. The summed E-state index contributed by atoms with van der Waals surface area (Å²) in [7, 11) is 1.69. The Morgan fingerprint density at radius 3 is 2.85 bits per heavy atom. The SMILES string of the molecule is CN(Cc1cc2c(nc1C=O)N(C(=O)Nc1cc(N3CCC(N)C3)c(C#N)cn1)CCC2)C(=O)C1CCCO1. The van der Waals surface area contributed by atoms with Crippen molar-refractivity contribution in [3.05, 3.63) is 40.7 Å². The van der Waals surface area contributed by atoms with Gasteiger partial charge in [-0.3, -0.25) is 19.8 Å². The van der Waals surface area contributed by atoms with Gasteiger partial charge in [0.1, 0.15) is 29.5 Å². The fourth-order valence-electron chi connectivity index (χ4n) is 5.38. The van der Waals surface area contributed by atoms with Gasteiger partial charge < -0.3 is 20.3 Å². The van der Waals surface area contributed by atoms with Crippen molar-refractivity contribution in [1.82, 2.24) is 14.9 Å². The van der Waals surface area contributed by atoms with Gasteiger partial charge in [-0.25, -0.2) is 14.8 Å². The van der Waals surface area contributed by atoms with Gasteiger partial charge in [0.15, 0.2) is 6.29 Å². The zero-order valence-corrected chi connectivity index (χ0v) is 21.9. The number of nitrogens with two attached hydrogens (primary N) is 1. The molecule has 0 aromatic carbocycles. The second-order valence-electron chi connectivity index (χ2n) is 10.2. The molecule has 2 unspecified atom stereocenters. The number of nitrogens with one attached hydrogen (secondary N) is 1. The number of amides is 3. The second kappa shape index (κ2) is 11.3. The van der Waals surface area contributed by atoms with Crippen molar-refractivity contribution in [2.45, 2.75) is 50.8 Å². The number of carbonyl (C=O) groups is 3. The first-order valence-electron chi connectivity index (χ1n) is 13.2. The van der Waals surface area contributed by atoms with Crippen LogP contribution in [0, 0.1) is 11.3 Å². The Hall–Kier alpha value is -4.08. The first-order chi connectivity index (χ1) is 18.9. The van der Waals surface area contributed by atoms with Gasteiger partial charge in [0.2, 0.25) is 0 Å². The Kier molecular flexibility index (Phi) is 7.72. The smallest absolute Gasteiger partial charge is 0.328 e. The summed E-state index contributed by atoms with van der Waals surface area (Å²) in [5.74, 6) is 0.605. The fourth-order valence-corrected chi connectivity index (χ4v) is 5.38. The minimum Gasteiger partial charge on any atom is -0.369 e. The van der Waals surface area contributed by atoms with Crippen LogP contribution in [0.15, 0.2) is 18.3 Å². The lowest BCUT2D eigenvalue weighted by Gasteiger charge is -2.30. The zero-order valence-electron chi connectivity index (χ0n) is 21.9. The molecule has 204 valence electrons. The lowest BCUT2D eigenvalue weighted by Crippen LogP contribution is -2.40. The number of urea groups is 1. The number of pyridine rings is 2. The highest BCUT2D eigenvalue weighted by Crippen LogP contribution is 2.30. The fraction of sp³-hybridized carbons (Fsp3) is 0.481. The Balaban J connectivity index is 1.35. The van der Waals surface area contributed by atoms with E-state index < -0.39 is 12.1 Å². The van der Waals surface area contributed by atoms with Crippen molar-refractivity contribution in [2.75, 3.05) is 48.4 Å². The summed E-state index contributed by atoms with van der Waals surface area (Å²) in [6.45, 7) is 2.57. The van der Waals surface area contributed by atoms with Crippen LogP contribution in [0.2, 0.25) is 0 Å². The van der Waals surface area contributed by atoms with Gasteiger partial charge in [-0.1, -0.05) is 0 Å². The number of hydrogen-bond acceptors (Lipinski definition) is 9. The molecule has 2 aromatic heterocycles. The van der Waals surface area contributed by atoms with Gasteiger partial charge in [0.25, 0.3) is 5.91 Å². The van der Waals surface area contributed by atoms with Crippen LogP contribution in [0.25, 0.3) is 0 Å². The van der Waals surface area contributed by atoms with Gasteiger partial charge in [-0.05, 0) is 43.7 Å². The number of likely N-dealkylation sites (N-methyl/N-ethyl adjacent to an activating group) is 1. The van der Waals surface area contributed by atoms with Crippen LogP contribution in [0.5, 0.6) is 0 Å². The van der Waals surface area contributed by atoms with Crippen LogP contribution in [0.3, 0.4) is 0 Å². The molecule has 3 aliphatic heterocycles. The predicted octanol–water partition coefficient (Wildman–Crippen LogP) is 1.82. The van der Waals surface area contributed by atoms with E-state index >= 15 is 0 Å². The van der Waals surface area contributed by atoms with E-state index in [0.29, 0.717) is 73.7 Å². The molecule has 0 bridgehead atoms. The zero-order chi connectivity index (χ0) is 27.5. The summed E-state index contributed by atoms with van der Waals surface area (Å²) in [6, 6.07) is 5.31. The number of nitrogens with zero attached hydrogens (tertiary/aromatic N) is 6. The minimum absolute atomic E-state index is 0.0320. The summed E-state index contributed by atoms with van der Waals surface area (Å²) in [6.07, 6.45) is 5.43. The lowest BCUT2D eigenvalue weighted by molar-refractivity contribution is -0.140. The van der Waals surface area contributed by atoms with Gasteiger partial charge in [0, 0.05) is 63.7 Å². The molecular formula is C27H32N8O4. The van der Waals surface area contributed by atoms with E-state index in [1.54, 1.807) is 18.0 Å². The molecule has 0 aliphatic carbocycles. The predicted molar refractivity (Wildman–Crippen MR) is 144 cm³/mol. The number of aromatic nitrogens is 2. The molecule has 12 nitrogen and oxygen atoms in total. The molecule has 2 aromatic rings. The Labute approximate surface area is 226 Å². The molecule has 2 saturated heterocycles. The van der Waals surface area contributed by atoms with Gasteiger partial charge in [-0.15, -0.1) is 0 Å². The molecular weight excluding hydrogens is 500 g/mol. The van der Waals surface area contributed by atoms with Crippen molar-refractivity contribution < 1.29 is 19.1 Å². The maximum Gasteiger partial charge on any atom is 0.328 e. The van der Waals surface area contributed by atoms with E-state index in [2.05, 4.69) is 21.4 Å². The Morgan fingerprint density at radius 1 is 1.31 bits per heavy atom. The number of fused-ring (bicyclic) bond motifs is 1. The van der Waals surface area contributed by atoms with Crippen LogP contribution in [-0.4, -0.2) is 78.5 Å². The van der Waals surface area contributed by atoms with Crippen LogP contribution < -0.4 is 20.9 Å². The average Bonchev–Trinajstić information content (AvgIpc) is 3.64. The van der Waals surface area contributed by atoms with Gasteiger partial charge >= 0.3 is 6.03 Å². The molecule has 0 spiro atoms. The molecule has 3 N–H and O–H groups in total. The highest BCUT2D eigenvalue weighted by molar-refractivity contribution is 6.02. The topological polar surface area (TPSA) is 158 Å². The molecule has 5 heterocycles. The number of hydrogen-bond donors (Lipinski definition) is 2. The molecule has 0 saturated carbocycles. The summed E-state index contributed by atoms with van der Waals surface area (Å²) >= 11 is 0. The standard InChI is InChI=1S/C27H32N8O4/c1-33(26(37)23-5-3-9-39-23)14-18-10-17-4-2-7-35(25(17)31-21(18)16-36)27(38)32-24-11-22(19(12-28)13-30-24)34-8-6-20(29)15-34/h10-11,13,16,20,23H,2-9,14-15,29H2,1H3,(H,30,32,38). The number of nitriles is 1. The number of carbonyl (C=O) groups excluding carboxylic acids is 3. The molecule has 3 aliphatic rings. The quantitative estimate of drug-likeness (QED) is 0.529. The summed E-state index contributed by atoms with van der Waals surface area (Å²) in [5.41, 5.74) is 8.78. The number of anilines is 3. The van der Waals surface area contributed by atoms with E-state index in [9.17, 15) is 19.6 Å². The molecule has 5 rings (SSSR count). The number of aryl methyl sites for hydroxylation is 1. The number of rotatable bonds is 6. The number of aldehydes is 1. The van der Waals surface area contributed by atoms with Crippen LogP contribution in [0.4, 0.5) is 22.1 Å². The van der Waals surface area contributed by atoms with Crippen LogP contribution in [-0.2, 0) is 22.5 Å². The van der Waals surface area contributed by atoms with Crippen molar-refractivity contribution in [3.8, 4) is 6.07 Å². The highest BCUT2D eigenvalue weighted by Gasteiger charge is 2.30. The summed E-state index contributed by atoms with van der Waals surface area (Å²) in [5, 5.41) is 12.4. The van der Waals surface area contributed by atoms with E-state index in [-0.39, 0.29) is 24.2 Å². The third-order valence-corrected chi connectivity index (χ3v) is 7.42. The lowest BCUT2D eigenvalue weighted by atomic mass is 10.0. The van der Waals surface area contributed by atoms with Crippen molar-refractivity contribution >= 4 is 35.5 Å². The van der Waals surface area contributed by atoms with E-state index in [4.69, 9.17) is 10.5 Å². The Bertz CT molecular complexity index is 1320. The molecule has 2 atom stereocenters. The minimum atomic E-state index is -0.446. The van der Waals surface area contributed by atoms with Gasteiger partial charge in [-0.2, -0.15) is 5.26 Å².